The smallest absolute Gasteiger partial charge is 0.0695 e. The van der Waals surface area contributed by atoms with E-state index in [4.69, 9.17) is 7.85 Å². The van der Waals surface area contributed by atoms with Crippen molar-refractivity contribution >= 4 is 7.85 Å². The van der Waals surface area contributed by atoms with Crippen molar-refractivity contribution in [2.24, 2.45) is 5.92 Å². The minimum absolute atomic E-state index is 0.388. The van der Waals surface area contributed by atoms with Crippen LogP contribution in [-0.4, -0.2) is 7.85 Å². The van der Waals surface area contributed by atoms with E-state index in [0.717, 1.165) is 5.92 Å². The van der Waals surface area contributed by atoms with E-state index in [1.54, 1.807) is 0 Å². The predicted octanol–water partition coefficient (Wildman–Crippen LogP) is 2.79. The van der Waals surface area contributed by atoms with Gasteiger partial charge in [0.1, 0.15) is 0 Å². The van der Waals surface area contributed by atoms with E-state index < -0.39 is 0 Å². The molecule has 52 valence electrons. The zero-order valence-corrected chi connectivity index (χ0v) is 6.85. The van der Waals surface area contributed by atoms with Gasteiger partial charge in [-0.2, -0.15) is 0 Å². The third-order valence-electron chi connectivity index (χ3n) is 1.81. The molecule has 0 N–H and O–H groups in total. The summed E-state index contributed by atoms with van der Waals surface area (Å²) in [4.78, 5) is 0. The molecule has 0 saturated heterocycles. The van der Waals surface area contributed by atoms with E-state index in [1.165, 1.54) is 19.3 Å². The van der Waals surface area contributed by atoms with Crippen LogP contribution in [-0.2, 0) is 0 Å². The fourth-order valence-electron chi connectivity index (χ4n) is 0.752. The molecule has 0 aliphatic rings. The van der Waals surface area contributed by atoms with Crippen LogP contribution in [0.3, 0.4) is 0 Å². The Kier molecular flexibility index (Phi) is 4.93. The normalized spacial score (nSPS) is 17.2. The highest BCUT2D eigenvalue weighted by Crippen LogP contribution is 2.15. The van der Waals surface area contributed by atoms with Crippen LogP contribution in [0.25, 0.3) is 0 Å². The van der Waals surface area contributed by atoms with Gasteiger partial charge in [-0.1, -0.05) is 45.9 Å². The molecule has 9 heavy (non-hydrogen) atoms. The summed E-state index contributed by atoms with van der Waals surface area (Å²) in [6, 6.07) is 0. The third kappa shape index (κ3) is 5.94. The molecule has 0 aliphatic heterocycles. The third-order valence-corrected chi connectivity index (χ3v) is 1.81. The molecular formula is C8H17B. The molecule has 2 atom stereocenters. The number of hydrogen-bond acceptors (Lipinski definition) is 0. The molecule has 2 radical (unpaired) electrons. The standard InChI is InChI=1S/C8H17B/c1-4-7(2)5-6-8(3)9/h7-8H,4-6H2,1-3H3/t7-,8+/m1/s1. The second-order valence-corrected chi connectivity index (χ2v) is 3.07. The van der Waals surface area contributed by atoms with Gasteiger partial charge < -0.3 is 0 Å². The Morgan fingerprint density at radius 2 is 1.78 bits per heavy atom. The highest BCUT2D eigenvalue weighted by atomic mass is 14.0. The highest BCUT2D eigenvalue weighted by Gasteiger charge is 1.99. The van der Waals surface area contributed by atoms with Crippen LogP contribution < -0.4 is 0 Å². The summed E-state index contributed by atoms with van der Waals surface area (Å²) in [6.45, 7) is 6.58. The first-order valence-electron chi connectivity index (χ1n) is 3.92. The second-order valence-electron chi connectivity index (χ2n) is 3.07. The summed E-state index contributed by atoms with van der Waals surface area (Å²) >= 11 is 0. The Morgan fingerprint density at radius 1 is 1.22 bits per heavy atom. The maximum absolute atomic E-state index is 5.60. The molecule has 0 saturated carbocycles. The molecule has 0 heterocycles. The first kappa shape index (κ1) is 9.06. The number of rotatable bonds is 4. The molecular weight excluding hydrogens is 107 g/mol. The quantitative estimate of drug-likeness (QED) is 0.505. The van der Waals surface area contributed by atoms with Gasteiger partial charge in [0.25, 0.3) is 0 Å². The van der Waals surface area contributed by atoms with Crippen LogP contribution in [0, 0.1) is 5.92 Å². The van der Waals surface area contributed by atoms with Crippen molar-refractivity contribution in [1.82, 2.24) is 0 Å². The lowest BCUT2D eigenvalue weighted by Gasteiger charge is -2.09. The molecule has 0 rings (SSSR count). The highest BCUT2D eigenvalue weighted by molar-refractivity contribution is 6.11. The van der Waals surface area contributed by atoms with Gasteiger partial charge in [-0.15, -0.1) is 0 Å². The van der Waals surface area contributed by atoms with E-state index in [-0.39, 0.29) is 0 Å². The first-order chi connectivity index (χ1) is 4.16. The number of hydrogen-bond donors (Lipinski definition) is 0. The molecule has 0 fully saturated rings. The van der Waals surface area contributed by atoms with Crippen molar-refractivity contribution in [3.05, 3.63) is 0 Å². The SMILES string of the molecule is [B][C@@H](C)CC[C@H](C)CC. The molecule has 1 heteroatoms. The lowest BCUT2D eigenvalue weighted by molar-refractivity contribution is 0.492. The molecule has 0 spiro atoms. The van der Waals surface area contributed by atoms with E-state index in [2.05, 4.69) is 20.8 Å². The fraction of sp³-hybridized carbons (Fsp3) is 1.00. The van der Waals surface area contributed by atoms with Gasteiger partial charge >= 0.3 is 0 Å². The van der Waals surface area contributed by atoms with E-state index in [9.17, 15) is 0 Å². The second kappa shape index (κ2) is 4.90. The Balaban J connectivity index is 3.06. The molecule has 0 aromatic heterocycles. The Labute approximate surface area is 60.4 Å². The van der Waals surface area contributed by atoms with Crippen LogP contribution in [0.5, 0.6) is 0 Å². The minimum Gasteiger partial charge on any atom is -0.0802 e. The van der Waals surface area contributed by atoms with Gasteiger partial charge in [0, 0.05) is 0 Å². The minimum atomic E-state index is 0.388. The monoisotopic (exact) mass is 124 g/mol. The molecule has 0 amide bonds. The van der Waals surface area contributed by atoms with Crippen molar-refractivity contribution in [1.29, 1.82) is 0 Å². The zero-order chi connectivity index (χ0) is 7.28. The van der Waals surface area contributed by atoms with Gasteiger partial charge in [-0.05, 0) is 5.92 Å². The van der Waals surface area contributed by atoms with Crippen LogP contribution in [0.4, 0.5) is 0 Å². The van der Waals surface area contributed by atoms with Crippen LogP contribution in [0.15, 0.2) is 0 Å². The maximum atomic E-state index is 5.60. The van der Waals surface area contributed by atoms with Gasteiger partial charge in [-0.3, -0.25) is 0 Å². The van der Waals surface area contributed by atoms with Gasteiger partial charge in [0.15, 0.2) is 0 Å². The summed E-state index contributed by atoms with van der Waals surface area (Å²) < 4.78 is 0. The summed E-state index contributed by atoms with van der Waals surface area (Å²) in [5.74, 6) is 1.25. The van der Waals surface area contributed by atoms with E-state index in [1.807, 2.05) is 0 Å². The van der Waals surface area contributed by atoms with Gasteiger partial charge in [-0.25, -0.2) is 0 Å². The van der Waals surface area contributed by atoms with Crippen molar-refractivity contribution in [2.45, 2.75) is 45.9 Å². The predicted molar refractivity (Wildman–Crippen MR) is 43.9 cm³/mol. The van der Waals surface area contributed by atoms with E-state index >= 15 is 0 Å². The van der Waals surface area contributed by atoms with Gasteiger partial charge in [0.05, 0.1) is 7.85 Å². The van der Waals surface area contributed by atoms with E-state index in [0.29, 0.717) is 5.82 Å². The topological polar surface area (TPSA) is 0 Å². The van der Waals surface area contributed by atoms with Crippen molar-refractivity contribution < 1.29 is 0 Å². The summed E-state index contributed by atoms with van der Waals surface area (Å²) in [7, 11) is 5.60. The Morgan fingerprint density at radius 3 is 2.11 bits per heavy atom. The average molecular weight is 124 g/mol. The van der Waals surface area contributed by atoms with Crippen molar-refractivity contribution in [2.75, 3.05) is 0 Å². The first-order valence-corrected chi connectivity index (χ1v) is 3.92. The van der Waals surface area contributed by atoms with Gasteiger partial charge in [0.2, 0.25) is 0 Å². The van der Waals surface area contributed by atoms with Crippen molar-refractivity contribution in [3.8, 4) is 0 Å². The Hall–Kier alpha value is 0.0649. The van der Waals surface area contributed by atoms with Crippen LogP contribution >= 0.6 is 0 Å². The summed E-state index contributed by atoms with van der Waals surface area (Å²) in [5, 5.41) is 0. The Bertz CT molecular complexity index is 59.6. The average Bonchev–Trinajstić information content (AvgIpc) is 1.83. The fourth-order valence-corrected chi connectivity index (χ4v) is 0.752. The van der Waals surface area contributed by atoms with Crippen LogP contribution in [0.1, 0.15) is 40.0 Å². The lowest BCUT2D eigenvalue weighted by atomic mass is 9.83. The maximum Gasteiger partial charge on any atom is 0.0695 e. The molecule has 0 nitrogen and oxygen atoms in total. The van der Waals surface area contributed by atoms with Crippen LogP contribution in [0.2, 0.25) is 5.82 Å². The largest absolute Gasteiger partial charge is 0.0802 e. The summed E-state index contributed by atoms with van der Waals surface area (Å²) in [5.41, 5.74) is 0. The summed E-state index contributed by atoms with van der Waals surface area (Å²) in [6.07, 6.45) is 3.75. The molecule has 0 aliphatic carbocycles. The molecule has 0 bridgehead atoms. The molecule has 0 unspecified atom stereocenters. The molecule has 0 aromatic carbocycles. The lowest BCUT2D eigenvalue weighted by Crippen LogP contribution is -1.94. The molecule has 0 aromatic rings. The van der Waals surface area contributed by atoms with Crippen molar-refractivity contribution in [3.63, 3.8) is 0 Å². The zero-order valence-electron chi connectivity index (χ0n) is 6.85.